The van der Waals surface area contributed by atoms with Crippen molar-refractivity contribution < 1.29 is 22.7 Å². The van der Waals surface area contributed by atoms with E-state index in [-0.39, 0.29) is 15.7 Å². The number of rotatable bonds is 3. The van der Waals surface area contributed by atoms with Gasteiger partial charge < -0.3 is 10.0 Å². The molecule has 0 spiro atoms. The normalized spacial score (nSPS) is 15.6. The quantitative estimate of drug-likeness (QED) is 0.653. The SMILES string of the molecule is O=C(O)N1CCC(c2cccc3cc(S(=O)(=O)c4ccc(F)cc4)cnc23)CC1. The molecule has 1 aliphatic rings. The first kappa shape index (κ1) is 19.3. The van der Waals surface area contributed by atoms with Gasteiger partial charge in [0, 0.05) is 24.7 Å². The molecular formula is C21H19FN2O4S. The van der Waals surface area contributed by atoms with Crippen LogP contribution in [0.4, 0.5) is 9.18 Å². The smallest absolute Gasteiger partial charge is 0.407 e. The van der Waals surface area contributed by atoms with Crippen LogP contribution in [0.15, 0.2) is 64.5 Å². The number of carbonyl (C=O) groups is 1. The Hall–Kier alpha value is -3.00. The number of sulfone groups is 1. The fraction of sp³-hybridized carbons (Fsp3) is 0.238. The third-order valence-electron chi connectivity index (χ3n) is 5.36. The van der Waals surface area contributed by atoms with Crippen LogP contribution < -0.4 is 0 Å². The van der Waals surface area contributed by atoms with E-state index in [0.29, 0.717) is 31.3 Å². The summed E-state index contributed by atoms with van der Waals surface area (Å²) in [4.78, 5) is 17.0. The van der Waals surface area contributed by atoms with E-state index in [9.17, 15) is 17.6 Å². The lowest BCUT2D eigenvalue weighted by Crippen LogP contribution is -2.36. The highest BCUT2D eigenvalue weighted by Gasteiger charge is 2.25. The Labute approximate surface area is 167 Å². The number of hydrogen-bond acceptors (Lipinski definition) is 4. The summed E-state index contributed by atoms with van der Waals surface area (Å²) >= 11 is 0. The largest absolute Gasteiger partial charge is 0.465 e. The van der Waals surface area contributed by atoms with Crippen molar-refractivity contribution in [2.75, 3.05) is 13.1 Å². The summed E-state index contributed by atoms with van der Waals surface area (Å²) in [6.07, 6.45) is 1.82. The van der Waals surface area contributed by atoms with E-state index in [1.165, 1.54) is 23.2 Å². The molecule has 6 nitrogen and oxygen atoms in total. The second kappa shape index (κ2) is 7.44. The standard InChI is InChI=1S/C21H19FN2O4S/c22-16-4-6-17(7-5-16)29(27,28)18-12-15-2-1-3-19(20(15)23-13-18)14-8-10-24(11-9-14)21(25)26/h1-7,12-14H,8-11H2,(H,25,26). The van der Waals surface area contributed by atoms with Gasteiger partial charge in [0.05, 0.1) is 15.3 Å². The molecule has 0 saturated carbocycles. The molecule has 8 heteroatoms. The van der Waals surface area contributed by atoms with Crippen molar-refractivity contribution in [3.63, 3.8) is 0 Å². The number of hydrogen-bond donors (Lipinski definition) is 1. The number of nitrogens with zero attached hydrogens (tertiary/aromatic N) is 2. The van der Waals surface area contributed by atoms with Gasteiger partial charge in [-0.1, -0.05) is 18.2 Å². The lowest BCUT2D eigenvalue weighted by Gasteiger charge is -2.30. The van der Waals surface area contributed by atoms with Gasteiger partial charge in [-0.2, -0.15) is 0 Å². The first-order chi connectivity index (χ1) is 13.9. The highest BCUT2D eigenvalue weighted by molar-refractivity contribution is 7.91. The summed E-state index contributed by atoms with van der Waals surface area (Å²) in [5.41, 5.74) is 1.72. The minimum absolute atomic E-state index is 0.0113. The lowest BCUT2D eigenvalue weighted by molar-refractivity contribution is 0.132. The first-order valence-corrected chi connectivity index (χ1v) is 10.7. The molecule has 2 heterocycles. The predicted octanol–water partition coefficient (Wildman–Crippen LogP) is 4.06. The van der Waals surface area contributed by atoms with Gasteiger partial charge in [0.1, 0.15) is 5.82 Å². The summed E-state index contributed by atoms with van der Waals surface area (Å²) in [6.45, 7) is 0.931. The Balaban J connectivity index is 1.68. The molecule has 0 atom stereocenters. The van der Waals surface area contributed by atoms with Gasteiger partial charge in [0.2, 0.25) is 9.84 Å². The van der Waals surface area contributed by atoms with Gasteiger partial charge in [-0.15, -0.1) is 0 Å². The summed E-state index contributed by atoms with van der Waals surface area (Å²) < 4.78 is 38.8. The first-order valence-electron chi connectivity index (χ1n) is 9.23. The zero-order chi connectivity index (χ0) is 20.6. The number of aromatic nitrogens is 1. The Morgan fingerprint density at radius 1 is 1.07 bits per heavy atom. The van der Waals surface area contributed by atoms with Gasteiger partial charge >= 0.3 is 6.09 Å². The van der Waals surface area contributed by atoms with Gasteiger partial charge in [0.15, 0.2) is 0 Å². The van der Waals surface area contributed by atoms with E-state index in [1.807, 2.05) is 18.2 Å². The maximum atomic E-state index is 13.1. The number of benzene rings is 2. The van der Waals surface area contributed by atoms with Crippen LogP contribution >= 0.6 is 0 Å². The molecule has 1 aliphatic heterocycles. The Bertz CT molecular complexity index is 1170. The second-order valence-corrected chi connectivity index (χ2v) is 9.04. The molecule has 2 aromatic carbocycles. The molecule has 0 radical (unpaired) electrons. The number of piperidine rings is 1. The maximum Gasteiger partial charge on any atom is 0.407 e. The summed E-state index contributed by atoms with van der Waals surface area (Å²) in [5.74, 6) is -0.333. The lowest BCUT2D eigenvalue weighted by atomic mass is 9.88. The zero-order valence-corrected chi connectivity index (χ0v) is 16.3. The highest BCUT2D eigenvalue weighted by atomic mass is 32.2. The number of pyridine rings is 1. The molecular weight excluding hydrogens is 395 g/mol. The number of carboxylic acid groups (broad SMARTS) is 1. The summed E-state index contributed by atoms with van der Waals surface area (Å²) in [5, 5.41) is 9.82. The molecule has 29 heavy (non-hydrogen) atoms. The molecule has 3 aromatic rings. The Morgan fingerprint density at radius 3 is 2.41 bits per heavy atom. The number of halogens is 1. The molecule has 150 valence electrons. The average molecular weight is 414 g/mol. The van der Waals surface area contributed by atoms with E-state index < -0.39 is 21.7 Å². The molecule has 1 aromatic heterocycles. The topological polar surface area (TPSA) is 87.6 Å². The van der Waals surface area contributed by atoms with E-state index in [2.05, 4.69) is 4.98 Å². The van der Waals surface area contributed by atoms with Gasteiger partial charge in [0.25, 0.3) is 0 Å². The molecule has 0 unspecified atom stereocenters. The van der Waals surface area contributed by atoms with Crippen molar-refractivity contribution in [2.45, 2.75) is 28.6 Å². The Morgan fingerprint density at radius 2 is 1.76 bits per heavy atom. The van der Waals surface area contributed by atoms with Crippen molar-refractivity contribution in [3.05, 3.63) is 66.1 Å². The van der Waals surface area contributed by atoms with Crippen LogP contribution in [0.5, 0.6) is 0 Å². The zero-order valence-electron chi connectivity index (χ0n) is 15.5. The fourth-order valence-electron chi connectivity index (χ4n) is 3.77. The molecule has 1 saturated heterocycles. The van der Waals surface area contributed by atoms with E-state index >= 15 is 0 Å². The van der Waals surface area contributed by atoms with Crippen LogP contribution in [0.1, 0.15) is 24.3 Å². The van der Waals surface area contributed by atoms with Crippen LogP contribution in [0, 0.1) is 5.82 Å². The van der Waals surface area contributed by atoms with E-state index in [1.54, 1.807) is 6.07 Å². The number of likely N-dealkylation sites (tertiary alicyclic amines) is 1. The molecule has 1 fully saturated rings. The van der Waals surface area contributed by atoms with Crippen LogP contribution in [-0.2, 0) is 9.84 Å². The number of fused-ring (bicyclic) bond motifs is 1. The highest BCUT2D eigenvalue weighted by Crippen LogP contribution is 2.33. The van der Waals surface area contributed by atoms with Crippen LogP contribution in [0.3, 0.4) is 0 Å². The van der Waals surface area contributed by atoms with E-state index in [4.69, 9.17) is 5.11 Å². The van der Waals surface area contributed by atoms with Crippen molar-refractivity contribution in [3.8, 4) is 0 Å². The molecule has 4 rings (SSSR count). The predicted molar refractivity (Wildman–Crippen MR) is 105 cm³/mol. The number of para-hydroxylation sites is 1. The van der Waals surface area contributed by atoms with Crippen LogP contribution in [0.25, 0.3) is 10.9 Å². The summed E-state index contributed by atoms with van der Waals surface area (Å²) in [6, 6.07) is 11.9. The molecule has 1 N–H and O–H groups in total. The summed E-state index contributed by atoms with van der Waals surface area (Å²) in [7, 11) is -3.80. The van der Waals surface area contributed by atoms with Crippen molar-refractivity contribution in [1.29, 1.82) is 0 Å². The second-order valence-electron chi connectivity index (χ2n) is 7.09. The van der Waals surface area contributed by atoms with Gasteiger partial charge in [-0.3, -0.25) is 4.98 Å². The Kier molecular flexibility index (Phi) is 4.96. The van der Waals surface area contributed by atoms with E-state index in [0.717, 1.165) is 23.2 Å². The molecule has 0 aliphatic carbocycles. The third-order valence-corrected chi connectivity index (χ3v) is 7.09. The number of amides is 1. The van der Waals surface area contributed by atoms with Crippen molar-refractivity contribution in [2.24, 2.45) is 0 Å². The maximum absolute atomic E-state index is 13.1. The minimum Gasteiger partial charge on any atom is -0.465 e. The molecule has 0 bridgehead atoms. The van der Waals surface area contributed by atoms with Gasteiger partial charge in [-0.25, -0.2) is 17.6 Å². The average Bonchev–Trinajstić information content (AvgIpc) is 2.73. The fourth-order valence-corrected chi connectivity index (χ4v) is 5.01. The monoisotopic (exact) mass is 414 g/mol. The van der Waals surface area contributed by atoms with Crippen molar-refractivity contribution >= 4 is 26.8 Å². The molecule has 1 amide bonds. The van der Waals surface area contributed by atoms with Crippen LogP contribution in [-0.4, -0.2) is 42.6 Å². The van der Waals surface area contributed by atoms with Crippen molar-refractivity contribution in [1.82, 2.24) is 9.88 Å². The minimum atomic E-state index is -3.80. The van der Waals surface area contributed by atoms with Gasteiger partial charge in [-0.05, 0) is 54.7 Å². The van der Waals surface area contributed by atoms with Crippen LogP contribution in [0.2, 0.25) is 0 Å². The third kappa shape index (κ3) is 3.67.